The van der Waals surface area contributed by atoms with Crippen LogP contribution in [-0.2, 0) is 4.79 Å². The quantitative estimate of drug-likeness (QED) is 0.406. The fraction of sp³-hybridized carbons (Fsp3) is 0.276. The van der Waals surface area contributed by atoms with Gasteiger partial charge in [-0.3, -0.25) is 14.2 Å². The lowest BCUT2D eigenvalue weighted by atomic mass is 9.94. The Labute approximate surface area is 220 Å². The molecule has 192 valence electrons. The smallest absolute Gasteiger partial charge is 0.271 e. The SMILES string of the molecule is C=CCOc1cccc(/C=c2/sc3n(c2=O)[C@@H](c2ccccc2OC)C(C(=O)N(CC)CC)=C(C)N=3)c1. The third kappa shape index (κ3) is 5.15. The maximum Gasteiger partial charge on any atom is 0.271 e. The van der Waals surface area contributed by atoms with Crippen molar-refractivity contribution >= 4 is 23.3 Å². The summed E-state index contributed by atoms with van der Waals surface area (Å²) in [6, 6.07) is 14.4. The number of rotatable bonds is 9. The van der Waals surface area contributed by atoms with E-state index in [0.29, 0.717) is 51.8 Å². The highest BCUT2D eigenvalue weighted by molar-refractivity contribution is 7.07. The van der Waals surface area contributed by atoms with Crippen LogP contribution in [0.2, 0.25) is 0 Å². The van der Waals surface area contributed by atoms with Crippen molar-refractivity contribution in [2.45, 2.75) is 26.8 Å². The normalized spacial score (nSPS) is 15.1. The van der Waals surface area contributed by atoms with Crippen LogP contribution in [0.15, 0.2) is 82.2 Å². The molecule has 3 aromatic rings. The van der Waals surface area contributed by atoms with Crippen LogP contribution in [0.25, 0.3) is 6.08 Å². The van der Waals surface area contributed by atoms with E-state index >= 15 is 0 Å². The van der Waals surface area contributed by atoms with Crippen molar-refractivity contribution in [2.75, 3.05) is 26.8 Å². The molecule has 1 aliphatic rings. The molecule has 8 heteroatoms. The average molecular weight is 518 g/mol. The molecule has 0 saturated carbocycles. The minimum atomic E-state index is -0.662. The minimum Gasteiger partial charge on any atom is -0.496 e. The van der Waals surface area contributed by atoms with E-state index in [9.17, 15) is 9.59 Å². The molecule has 0 radical (unpaired) electrons. The lowest BCUT2D eigenvalue weighted by molar-refractivity contribution is -0.127. The molecule has 0 fully saturated rings. The number of hydrogen-bond donors (Lipinski definition) is 0. The zero-order valence-corrected chi connectivity index (χ0v) is 22.4. The van der Waals surface area contributed by atoms with Crippen molar-refractivity contribution in [1.29, 1.82) is 0 Å². The number of benzene rings is 2. The molecule has 0 aliphatic carbocycles. The number of ether oxygens (including phenoxy) is 2. The molecule has 1 amide bonds. The second-order valence-corrected chi connectivity index (χ2v) is 9.48. The molecule has 1 aromatic heterocycles. The molecule has 0 spiro atoms. The van der Waals surface area contributed by atoms with Gasteiger partial charge in [0.1, 0.15) is 24.1 Å². The van der Waals surface area contributed by atoms with Gasteiger partial charge in [-0.15, -0.1) is 0 Å². The largest absolute Gasteiger partial charge is 0.496 e. The molecular weight excluding hydrogens is 486 g/mol. The second kappa shape index (κ2) is 11.4. The van der Waals surface area contributed by atoms with Gasteiger partial charge in [0.05, 0.1) is 22.9 Å². The number of allylic oxidation sites excluding steroid dienone is 1. The summed E-state index contributed by atoms with van der Waals surface area (Å²) in [7, 11) is 1.59. The number of fused-ring (bicyclic) bond motifs is 1. The van der Waals surface area contributed by atoms with Gasteiger partial charge in [-0.1, -0.05) is 54.3 Å². The first-order valence-electron chi connectivity index (χ1n) is 12.2. The summed E-state index contributed by atoms with van der Waals surface area (Å²) < 4.78 is 13.4. The zero-order chi connectivity index (χ0) is 26.5. The van der Waals surface area contributed by atoms with E-state index in [1.165, 1.54) is 11.3 Å². The van der Waals surface area contributed by atoms with Gasteiger partial charge in [-0.05, 0) is 50.6 Å². The first-order valence-corrected chi connectivity index (χ1v) is 13.0. The first-order chi connectivity index (χ1) is 17.9. The van der Waals surface area contributed by atoms with E-state index in [1.54, 1.807) is 22.7 Å². The van der Waals surface area contributed by atoms with Gasteiger partial charge >= 0.3 is 0 Å². The van der Waals surface area contributed by atoms with Crippen LogP contribution in [0, 0.1) is 0 Å². The molecular formula is C29H31N3O4S. The molecule has 0 unspecified atom stereocenters. The number of likely N-dealkylation sites (N-methyl/N-ethyl adjacent to an activating group) is 1. The molecule has 2 aromatic carbocycles. The van der Waals surface area contributed by atoms with Crippen LogP contribution >= 0.6 is 11.3 Å². The van der Waals surface area contributed by atoms with E-state index in [1.807, 2.05) is 75.4 Å². The highest BCUT2D eigenvalue weighted by Gasteiger charge is 2.35. The Kier molecular flexibility index (Phi) is 8.08. The van der Waals surface area contributed by atoms with Crippen LogP contribution in [0.5, 0.6) is 11.5 Å². The Morgan fingerprint density at radius 1 is 1.19 bits per heavy atom. The van der Waals surface area contributed by atoms with E-state index in [4.69, 9.17) is 14.5 Å². The van der Waals surface area contributed by atoms with Gasteiger partial charge < -0.3 is 14.4 Å². The van der Waals surface area contributed by atoms with Crippen LogP contribution in [0.3, 0.4) is 0 Å². The number of para-hydroxylation sites is 1. The van der Waals surface area contributed by atoms with Gasteiger partial charge in [0.2, 0.25) is 0 Å². The second-order valence-electron chi connectivity index (χ2n) is 8.47. The van der Waals surface area contributed by atoms with E-state index in [-0.39, 0.29) is 11.5 Å². The van der Waals surface area contributed by atoms with Crippen molar-refractivity contribution in [1.82, 2.24) is 9.47 Å². The number of thiazole rings is 1. The standard InChI is InChI=1S/C29H31N3O4S/c1-6-16-36-21-13-11-12-20(17-21)18-24-27(33)32-26(22-14-9-10-15-23(22)35-5)25(19(4)30-29(32)37-24)28(34)31(7-2)8-3/h6,9-15,17-18,26H,1,7-8,16H2,2-5H3/b24-18+/t26-/m0/s1. The third-order valence-electron chi connectivity index (χ3n) is 6.26. The van der Waals surface area contributed by atoms with Gasteiger partial charge in [0.25, 0.3) is 11.5 Å². The predicted octanol–water partition coefficient (Wildman–Crippen LogP) is 3.68. The summed E-state index contributed by atoms with van der Waals surface area (Å²) in [5, 5.41) is 0. The third-order valence-corrected chi connectivity index (χ3v) is 7.24. The maximum absolute atomic E-state index is 13.9. The van der Waals surface area contributed by atoms with E-state index in [0.717, 1.165) is 11.1 Å². The Hall–Kier alpha value is -3.91. The molecule has 1 aliphatic heterocycles. The highest BCUT2D eigenvalue weighted by atomic mass is 32.1. The summed E-state index contributed by atoms with van der Waals surface area (Å²) >= 11 is 1.30. The topological polar surface area (TPSA) is 73.1 Å². The average Bonchev–Trinajstić information content (AvgIpc) is 3.21. The molecule has 0 bridgehead atoms. The van der Waals surface area contributed by atoms with Gasteiger partial charge in [-0.2, -0.15) is 0 Å². The summed E-state index contributed by atoms with van der Waals surface area (Å²) in [5.74, 6) is 1.16. The number of aromatic nitrogens is 1. The van der Waals surface area contributed by atoms with Crippen LogP contribution in [-0.4, -0.2) is 42.2 Å². The van der Waals surface area contributed by atoms with Crippen molar-refractivity contribution < 1.29 is 14.3 Å². The molecule has 4 rings (SSSR count). The summed E-state index contributed by atoms with van der Waals surface area (Å²) in [6.45, 7) is 10.9. The van der Waals surface area contributed by atoms with Crippen LogP contribution in [0.4, 0.5) is 0 Å². The lowest BCUT2D eigenvalue weighted by Gasteiger charge is -2.29. The highest BCUT2D eigenvalue weighted by Crippen LogP contribution is 2.36. The molecule has 7 nitrogen and oxygen atoms in total. The molecule has 0 saturated heterocycles. The van der Waals surface area contributed by atoms with E-state index in [2.05, 4.69) is 6.58 Å². The van der Waals surface area contributed by atoms with Gasteiger partial charge in [0.15, 0.2) is 4.80 Å². The molecule has 37 heavy (non-hydrogen) atoms. The van der Waals surface area contributed by atoms with Crippen molar-refractivity contribution in [3.05, 3.63) is 103 Å². The fourth-order valence-corrected chi connectivity index (χ4v) is 5.51. The van der Waals surface area contributed by atoms with Crippen LogP contribution in [0.1, 0.15) is 37.9 Å². The number of carbonyl (C=O) groups excluding carboxylic acids is 1. The summed E-state index contributed by atoms with van der Waals surface area (Å²) in [4.78, 5) is 34.6. The Bertz CT molecular complexity index is 1530. The number of amides is 1. The van der Waals surface area contributed by atoms with Crippen LogP contribution < -0.4 is 24.4 Å². The number of nitrogens with zero attached hydrogens (tertiary/aromatic N) is 3. The number of methoxy groups -OCH3 is 1. The summed E-state index contributed by atoms with van der Waals surface area (Å²) in [5.41, 5.74) is 2.43. The first kappa shape index (κ1) is 26.2. The fourth-order valence-electron chi connectivity index (χ4n) is 4.46. The Balaban J connectivity index is 1.93. The monoisotopic (exact) mass is 517 g/mol. The van der Waals surface area contributed by atoms with Crippen molar-refractivity contribution in [2.24, 2.45) is 4.99 Å². The van der Waals surface area contributed by atoms with Gasteiger partial charge in [0, 0.05) is 18.7 Å². The lowest BCUT2D eigenvalue weighted by Crippen LogP contribution is -2.43. The molecule has 1 atom stereocenters. The van der Waals surface area contributed by atoms with Gasteiger partial charge in [-0.25, -0.2) is 4.99 Å². The summed E-state index contributed by atoms with van der Waals surface area (Å²) in [6.07, 6.45) is 3.51. The maximum atomic E-state index is 13.9. The minimum absolute atomic E-state index is 0.136. The van der Waals surface area contributed by atoms with E-state index < -0.39 is 6.04 Å². The Morgan fingerprint density at radius 3 is 2.65 bits per heavy atom. The van der Waals surface area contributed by atoms with Crippen molar-refractivity contribution in [3.63, 3.8) is 0 Å². The number of carbonyl (C=O) groups is 1. The molecule has 0 N–H and O–H groups in total. The van der Waals surface area contributed by atoms with Crippen molar-refractivity contribution in [3.8, 4) is 11.5 Å². The zero-order valence-electron chi connectivity index (χ0n) is 21.6. The number of hydrogen-bond acceptors (Lipinski definition) is 6. The molecule has 2 heterocycles. The Morgan fingerprint density at radius 2 is 1.95 bits per heavy atom. The predicted molar refractivity (Wildman–Crippen MR) is 147 cm³/mol.